The summed E-state index contributed by atoms with van der Waals surface area (Å²) < 4.78 is 17.7. The third-order valence-electron chi connectivity index (χ3n) is 4.28. The number of hydrogen-bond acceptors (Lipinski definition) is 6. The van der Waals surface area contributed by atoms with Crippen LogP contribution in [-0.2, 0) is 18.0 Å². The van der Waals surface area contributed by atoms with E-state index < -0.39 is 5.97 Å². The predicted octanol–water partition coefficient (Wildman–Crippen LogP) is 3.53. The lowest BCUT2D eigenvalue weighted by molar-refractivity contribution is 0.0427. The van der Waals surface area contributed by atoms with Crippen molar-refractivity contribution in [3.63, 3.8) is 0 Å². The van der Waals surface area contributed by atoms with Crippen LogP contribution >= 0.6 is 0 Å². The van der Waals surface area contributed by atoms with Gasteiger partial charge in [-0.15, -0.1) is 0 Å². The Morgan fingerprint density at radius 3 is 2.76 bits per heavy atom. The molecule has 29 heavy (non-hydrogen) atoms. The number of ether oxygens (including phenoxy) is 2. The van der Waals surface area contributed by atoms with Crippen molar-refractivity contribution in [2.75, 3.05) is 0 Å². The molecule has 0 aliphatic heterocycles. The van der Waals surface area contributed by atoms with Crippen LogP contribution in [0.4, 0.5) is 0 Å². The Labute approximate surface area is 166 Å². The first-order valence-corrected chi connectivity index (χ1v) is 9.00. The standard InChI is InChI=1S/C22H18N2O5/c1-15-7-8-19-23-17(11-20(25)24(19)12-15)14-29-22(26)21-16(9-10-27-21)13-28-18-5-3-2-4-6-18/h2-12H,13-14H2,1H3. The molecule has 7 nitrogen and oxygen atoms in total. The Hall–Kier alpha value is -3.87. The Bertz CT molecular complexity index is 1210. The quantitative estimate of drug-likeness (QED) is 0.469. The van der Waals surface area contributed by atoms with Crippen LogP contribution < -0.4 is 10.3 Å². The molecule has 0 spiro atoms. The maximum Gasteiger partial charge on any atom is 0.375 e. The summed E-state index contributed by atoms with van der Waals surface area (Å²) >= 11 is 0. The van der Waals surface area contributed by atoms with Gasteiger partial charge in [-0.1, -0.05) is 24.3 Å². The summed E-state index contributed by atoms with van der Waals surface area (Å²) in [5.41, 5.74) is 2.13. The molecule has 1 aromatic carbocycles. The first kappa shape index (κ1) is 18.5. The van der Waals surface area contributed by atoms with Crippen LogP contribution in [0.25, 0.3) is 5.65 Å². The van der Waals surface area contributed by atoms with Crippen molar-refractivity contribution in [2.24, 2.45) is 0 Å². The van der Waals surface area contributed by atoms with Gasteiger partial charge < -0.3 is 13.9 Å². The van der Waals surface area contributed by atoms with Gasteiger partial charge in [-0.25, -0.2) is 9.78 Å². The molecule has 0 N–H and O–H groups in total. The van der Waals surface area contributed by atoms with Gasteiger partial charge in [-0.2, -0.15) is 0 Å². The molecule has 3 aromatic heterocycles. The summed E-state index contributed by atoms with van der Waals surface area (Å²) in [7, 11) is 0. The molecule has 7 heteroatoms. The zero-order valence-electron chi connectivity index (χ0n) is 15.7. The van der Waals surface area contributed by atoms with Crippen LogP contribution in [0.1, 0.15) is 27.4 Å². The Morgan fingerprint density at radius 2 is 1.93 bits per heavy atom. The summed E-state index contributed by atoms with van der Waals surface area (Å²) in [6.45, 7) is 1.92. The van der Waals surface area contributed by atoms with Gasteiger partial charge in [0, 0.05) is 17.8 Å². The maximum absolute atomic E-state index is 12.4. The van der Waals surface area contributed by atoms with Gasteiger partial charge in [0.25, 0.3) is 5.56 Å². The Balaban J connectivity index is 1.44. The highest BCUT2D eigenvalue weighted by molar-refractivity contribution is 5.87. The van der Waals surface area contributed by atoms with Gasteiger partial charge in [0.1, 0.15) is 24.6 Å². The first-order chi connectivity index (χ1) is 14.1. The van der Waals surface area contributed by atoms with E-state index in [4.69, 9.17) is 13.9 Å². The second-order valence-corrected chi connectivity index (χ2v) is 6.47. The average Bonchev–Trinajstić information content (AvgIpc) is 3.20. The smallest absolute Gasteiger partial charge is 0.375 e. The topological polar surface area (TPSA) is 83.0 Å². The fourth-order valence-electron chi connectivity index (χ4n) is 2.84. The number of rotatable bonds is 6. The minimum atomic E-state index is -0.646. The largest absolute Gasteiger partial charge is 0.489 e. The molecule has 0 radical (unpaired) electrons. The van der Waals surface area contributed by atoms with E-state index in [1.165, 1.54) is 16.7 Å². The van der Waals surface area contributed by atoms with Crippen molar-refractivity contribution in [1.82, 2.24) is 9.38 Å². The average molecular weight is 390 g/mol. The van der Waals surface area contributed by atoms with Crippen molar-refractivity contribution in [1.29, 1.82) is 0 Å². The highest BCUT2D eigenvalue weighted by atomic mass is 16.5. The number of fused-ring (bicyclic) bond motifs is 1. The van der Waals surface area contributed by atoms with Gasteiger partial charge in [0.15, 0.2) is 0 Å². The molecule has 0 aliphatic rings. The van der Waals surface area contributed by atoms with Crippen molar-refractivity contribution >= 4 is 11.6 Å². The van der Waals surface area contributed by atoms with E-state index in [0.29, 0.717) is 22.7 Å². The molecule has 0 aliphatic carbocycles. The molecule has 146 valence electrons. The van der Waals surface area contributed by atoms with Gasteiger partial charge in [0.2, 0.25) is 5.76 Å². The Morgan fingerprint density at radius 1 is 1.10 bits per heavy atom. The lowest BCUT2D eigenvalue weighted by atomic mass is 10.2. The predicted molar refractivity (Wildman–Crippen MR) is 105 cm³/mol. The van der Waals surface area contributed by atoms with Gasteiger partial charge in [0.05, 0.1) is 12.0 Å². The summed E-state index contributed by atoms with van der Waals surface area (Å²) in [5.74, 6) is 0.103. The monoisotopic (exact) mass is 390 g/mol. The summed E-state index contributed by atoms with van der Waals surface area (Å²) in [4.78, 5) is 29.0. The van der Waals surface area contributed by atoms with Crippen LogP contribution in [0.15, 0.2) is 76.3 Å². The van der Waals surface area contributed by atoms with E-state index in [1.807, 2.05) is 43.3 Å². The number of carbonyl (C=O) groups excluding carboxylic acids is 1. The van der Waals surface area contributed by atoms with Crippen molar-refractivity contribution in [2.45, 2.75) is 20.1 Å². The second kappa shape index (κ2) is 8.02. The summed E-state index contributed by atoms with van der Waals surface area (Å²) in [5, 5.41) is 0. The molecule has 0 saturated carbocycles. The zero-order chi connectivity index (χ0) is 20.2. The van der Waals surface area contributed by atoms with E-state index in [0.717, 1.165) is 5.56 Å². The van der Waals surface area contributed by atoms with Crippen LogP contribution in [0.2, 0.25) is 0 Å². The third kappa shape index (κ3) is 4.19. The first-order valence-electron chi connectivity index (χ1n) is 9.00. The summed E-state index contributed by atoms with van der Waals surface area (Å²) in [6, 6.07) is 15.9. The minimum absolute atomic E-state index is 0.0640. The molecule has 4 aromatic rings. The van der Waals surface area contributed by atoms with Crippen LogP contribution in [0.5, 0.6) is 5.75 Å². The molecule has 3 heterocycles. The number of nitrogens with zero attached hydrogens (tertiary/aromatic N) is 2. The lowest BCUT2D eigenvalue weighted by Gasteiger charge is -2.07. The normalized spacial score (nSPS) is 10.8. The van der Waals surface area contributed by atoms with Crippen LogP contribution in [-0.4, -0.2) is 15.4 Å². The molecule has 0 atom stereocenters. The van der Waals surface area contributed by atoms with E-state index >= 15 is 0 Å². The van der Waals surface area contributed by atoms with Crippen molar-refractivity contribution in [3.8, 4) is 5.75 Å². The van der Waals surface area contributed by atoms with Gasteiger partial charge in [-0.05, 0) is 36.8 Å². The maximum atomic E-state index is 12.4. The van der Waals surface area contributed by atoms with Gasteiger partial charge >= 0.3 is 5.97 Å². The number of carbonyl (C=O) groups is 1. The summed E-state index contributed by atoms with van der Waals surface area (Å²) in [6.07, 6.45) is 3.12. The van der Waals surface area contributed by atoms with E-state index in [9.17, 15) is 9.59 Å². The fourth-order valence-corrected chi connectivity index (χ4v) is 2.84. The number of pyridine rings is 1. The van der Waals surface area contributed by atoms with Crippen molar-refractivity contribution in [3.05, 3.63) is 100.0 Å². The molecule has 0 amide bonds. The number of benzene rings is 1. The lowest BCUT2D eigenvalue weighted by Crippen LogP contribution is -2.17. The molecule has 0 fully saturated rings. The molecule has 0 unspecified atom stereocenters. The second-order valence-electron chi connectivity index (χ2n) is 6.47. The molecule has 0 saturated heterocycles. The highest BCUT2D eigenvalue weighted by Gasteiger charge is 2.18. The van der Waals surface area contributed by atoms with Crippen molar-refractivity contribution < 1.29 is 18.7 Å². The van der Waals surface area contributed by atoms with Crippen LogP contribution in [0, 0.1) is 6.92 Å². The minimum Gasteiger partial charge on any atom is -0.489 e. The van der Waals surface area contributed by atoms with E-state index in [1.54, 1.807) is 18.3 Å². The highest BCUT2D eigenvalue weighted by Crippen LogP contribution is 2.17. The number of furan rings is 1. The number of esters is 1. The number of hydrogen-bond donors (Lipinski definition) is 0. The molecule has 4 rings (SSSR count). The number of para-hydroxylation sites is 1. The van der Waals surface area contributed by atoms with Gasteiger partial charge in [-0.3, -0.25) is 9.20 Å². The Kier molecular flexibility index (Phi) is 5.11. The number of aryl methyl sites for hydroxylation is 1. The van der Waals surface area contributed by atoms with E-state index in [2.05, 4.69) is 4.98 Å². The third-order valence-corrected chi connectivity index (χ3v) is 4.28. The fraction of sp³-hybridized carbons (Fsp3) is 0.136. The van der Waals surface area contributed by atoms with Crippen LogP contribution in [0.3, 0.4) is 0 Å². The molecular formula is C22H18N2O5. The zero-order valence-corrected chi connectivity index (χ0v) is 15.7. The SMILES string of the molecule is Cc1ccc2nc(COC(=O)c3occc3COc3ccccc3)cc(=O)n2c1. The molecule has 0 bridgehead atoms. The molecular weight excluding hydrogens is 372 g/mol. The number of aromatic nitrogens is 2. The van der Waals surface area contributed by atoms with E-state index in [-0.39, 0.29) is 24.5 Å².